The summed E-state index contributed by atoms with van der Waals surface area (Å²) in [5.74, 6) is 0. The van der Waals surface area contributed by atoms with E-state index in [2.05, 4.69) is 42.5 Å². The molecule has 1 nitrogen and oxygen atoms in total. The Morgan fingerprint density at radius 2 is 1.81 bits per heavy atom. The van der Waals surface area contributed by atoms with Gasteiger partial charge in [-0.25, -0.2) is 0 Å². The van der Waals surface area contributed by atoms with Gasteiger partial charge in [0.05, 0.1) is 0 Å². The average molecular weight is 215 g/mol. The summed E-state index contributed by atoms with van der Waals surface area (Å²) < 4.78 is 0. The number of allylic oxidation sites excluding steroid dienone is 1. The minimum absolute atomic E-state index is 0.154. The van der Waals surface area contributed by atoms with Crippen LogP contribution >= 0.6 is 0 Å². The zero-order valence-electron chi connectivity index (χ0n) is 10.0. The fourth-order valence-corrected chi connectivity index (χ4v) is 2.66. The molecule has 1 aliphatic rings. The zero-order valence-corrected chi connectivity index (χ0v) is 10.0. The summed E-state index contributed by atoms with van der Waals surface area (Å²) in [6, 6.07) is 11.0. The van der Waals surface area contributed by atoms with Gasteiger partial charge in [-0.2, -0.15) is 0 Å². The number of benzene rings is 1. The van der Waals surface area contributed by atoms with Gasteiger partial charge in [0.25, 0.3) is 0 Å². The highest BCUT2D eigenvalue weighted by Crippen LogP contribution is 2.42. The molecule has 0 radical (unpaired) electrons. The number of nitrogens with two attached hydrogens (primary N) is 1. The van der Waals surface area contributed by atoms with E-state index >= 15 is 0 Å². The van der Waals surface area contributed by atoms with E-state index in [0.717, 1.165) is 0 Å². The number of hydrogen-bond donors (Lipinski definition) is 1. The quantitative estimate of drug-likeness (QED) is 0.768. The van der Waals surface area contributed by atoms with Crippen molar-refractivity contribution in [1.29, 1.82) is 0 Å². The van der Waals surface area contributed by atoms with Crippen molar-refractivity contribution in [3.63, 3.8) is 0 Å². The van der Waals surface area contributed by atoms with Gasteiger partial charge >= 0.3 is 0 Å². The van der Waals surface area contributed by atoms with Gasteiger partial charge in [0.1, 0.15) is 0 Å². The first-order chi connectivity index (χ1) is 7.73. The molecule has 1 aromatic rings. The third-order valence-corrected chi connectivity index (χ3v) is 3.56. The first-order valence-corrected chi connectivity index (χ1v) is 6.23. The summed E-state index contributed by atoms with van der Waals surface area (Å²) in [4.78, 5) is 0. The molecule has 0 heterocycles. The Hall–Kier alpha value is -1.08. The molecule has 86 valence electrons. The van der Waals surface area contributed by atoms with Gasteiger partial charge in [-0.05, 0) is 25.3 Å². The van der Waals surface area contributed by atoms with Crippen molar-refractivity contribution in [3.05, 3.63) is 48.0 Å². The molecule has 1 aliphatic carbocycles. The van der Waals surface area contributed by atoms with Crippen molar-refractivity contribution in [2.45, 2.75) is 44.1 Å². The minimum atomic E-state index is 0.154. The third kappa shape index (κ3) is 2.35. The standard InChI is InChI=1S/C15H21N/c1-13(16)9-12-15(10-5-6-11-15)14-7-3-2-4-8-14/h2-4,7-9,12-13H,5-6,10-11,16H2,1H3/b12-9+. The Labute approximate surface area is 98.4 Å². The first kappa shape index (κ1) is 11.4. The summed E-state index contributed by atoms with van der Waals surface area (Å²) in [5, 5.41) is 0. The van der Waals surface area contributed by atoms with Crippen LogP contribution in [0.15, 0.2) is 42.5 Å². The minimum Gasteiger partial charge on any atom is -0.325 e. The molecule has 1 fully saturated rings. The molecule has 0 aliphatic heterocycles. The molecule has 1 heteroatoms. The van der Waals surface area contributed by atoms with Gasteiger partial charge < -0.3 is 5.73 Å². The van der Waals surface area contributed by atoms with Crippen molar-refractivity contribution in [3.8, 4) is 0 Å². The van der Waals surface area contributed by atoms with Crippen molar-refractivity contribution in [1.82, 2.24) is 0 Å². The van der Waals surface area contributed by atoms with Crippen LogP contribution < -0.4 is 5.73 Å². The first-order valence-electron chi connectivity index (χ1n) is 6.23. The summed E-state index contributed by atoms with van der Waals surface area (Å²) in [7, 11) is 0. The van der Waals surface area contributed by atoms with Crippen LogP contribution in [-0.2, 0) is 5.41 Å². The highest BCUT2D eigenvalue weighted by atomic mass is 14.6. The Balaban J connectivity index is 2.29. The van der Waals surface area contributed by atoms with Crippen molar-refractivity contribution in [2.24, 2.45) is 5.73 Å². The van der Waals surface area contributed by atoms with E-state index in [1.165, 1.54) is 31.2 Å². The SMILES string of the molecule is CC(N)/C=C/C1(c2ccccc2)CCCC1. The molecule has 1 atom stereocenters. The topological polar surface area (TPSA) is 26.0 Å². The Morgan fingerprint density at radius 3 is 2.38 bits per heavy atom. The molecule has 2 N–H and O–H groups in total. The molecule has 16 heavy (non-hydrogen) atoms. The van der Waals surface area contributed by atoms with Gasteiger partial charge in [-0.3, -0.25) is 0 Å². The van der Waals surface area contributed by atoms with Crippen LogP contribution in [0.4, 0.5) is 0 Å². The van der Waals surface area contributed by atoms with Gasteiger partial charge in [-0.1, -0.05) is 55.3 Å². The van der Waals surface area contributed by atoms with E-state index in [-0.39, 0.29) is 11.5 Å². The molecule has 1 saturated carbocycles. The second-order valence-corrected chi connectivity index (χ2v) is 4.95. The molecule has 0 amide bonds. The Bertz CT molecular complexity index is 345. The largest absolute Gasteiger partial charge is 0.325 e. The summed E-state index contributed by atoms with van der Waals surface area (Å²) in [5.41, 5.74) is 7.53. The lowest BCUT2D eigenvalue weighted by molar-refractivity contribution is 0.555. The molecule has 0 saturated heterocycles. The van der Waals surface area contributed by atoms with Crippen molar-refractivity contribution < 1.29 is 0 Å². The fraction of sp³-hybridized carbons (Fsp3) is 0.467. The van der Waals surface area contributed by atoms with E-state index in [1.54, 1.807) is 0 Å². The Kier molecular flexibility index (Phi) is 3.45. The van der Waals surface area contributed by atoms with Crippen LogP contribution in [0.25, 0.3) is 0 Å². The summed E-state index contributed by atoms with van der Waals surface area (Å²) >= 11 is 0. The second kappa shape index (κ2) is 4.84. The van der Waals surface area contributed by atoms with Crippen molar-refractivity contribution >= 4 is 0 Å². The predicted octanol–water partition coefficient (Wildman–Crippen LogP) is 3.40. The van der Waals surface area contributed by atoms with Gasteiger partial charge in [0.15, 0.2) is 0 Å². The van der Waals surface area contributed by atoms with Crippen LogP contribution in [0.1, 0.15) is 38.2 Å². The van der Waals surface area contributed by atoms with E-state index in [1.807, 2.05) is 6.92 Å². The molecule has 0 spiro atoms. The average Bonchev–Trinajstić information content (AvgIpc) is 2.78. The third-order valence-electron chi connectivity index (χ3n) is 3.56. The monoisotopic (exact) mass is 215 g/mol. The smallest absolute Gasteiger partial charge is 0.0195 e. The lowest BCUT2D eigenvalue weighted by Gasteiger charge is -2.26. The van der Waals surface area contributed by atoms with Gasteiger partial charge in [0.2, 0.25) is 0 Å². The van der Waals surface area contributed by atoms with Crippen LogP contribution in [-0.4, -0.2) is 6.04 Å². The maximum absolute atomic E-state index is 5.82. The van der Waals surface area contributed by atoms with E-state index < -0.39 is 0 Å². The fourth-order valence-electron chi connectivity index (χ4n) is 2.66. The maximum atomic E-state index is 5.82. The molecule has 2 rings (SSSR count). The zero-order chi connectivity index (χ0) is 11.4. The van der Waals surface area contributed by atoms with E-state index in [9.17, 15) is 0 Å². The molecule has 1 unspecified atom stereocenters. The molecule has 1 aromatic carbocycles. The lowest BCUT2D eigenvalue weighted by atomic mass is 9.78. The highest BCUT2D eigenvalue weighted by molar-refractivity contribution is 5.32. The van der Waals surface area contributed by atoms with Crippen LogP contribution in [0.3, 0.4) is 0 Å². The normalized spacial score (nSPS) is 21.4. The molecular formula is C15H21N. The van der Waals surface area contributed by atoms with Gasteiger partial charge in [-0.15, -0.1) is 0 Å². The lowest BCUT2D eigenvalue weighted by Crippen LogP contribution is -2.21. The second-order valence-electron chi connectivity index (χ2n) is 4.95. The predicted molar refractivity (Wildman–Crippen MR) is 69.4 cm³/mol. The van der Waals surface area contributed by atoms with Crippen LogP contribution in [0.5, 0.6) is 0 Å². The van der Waals surface area contributed by atoms with Gasteiger partial charge in [0, 0.05) is 11.5 Å². The van der Waals surface area contributed by atoms with E-state index in [0.29, 0.717) is 0 Å². The van der Waals surface area contributed by atoms with Crippen LogP contribution in [0.2, 0.25) is 0 Å². The maximum Gasteiger partial charge on any atom is 0.0195 e. The molecule has 0 aromatic heterocycles. The number of rotatable bonds is 3. The summed E-state index contributed by atoms with van der Waals surface area (Å²) in [6.45, 7) is 2.03. The van der Waals surface area contributed by atoms with E-state index in [4.69, 9.17) is 5.73 Å². The van der Waals surface area contributed by atoms with Crippen LogP contribution in [0, 0.1) is 0 Å². The molecular weight excluding hydrogens is 194 g/mol. The van der Waals surface area contributed by atoms with Crippen molar-refractivity contribution in [2.75, 3.05) is 0 Å². The Morgan fingerprint density at radius 1 is 1.19 bits per heavy atom. The number of hydrogen-bond acceptors (Lipinski definition) is 1. The summed E-state index contributed by atoms with van der Waals surface area (Å²) in [6.07, 6.45) is 9.69. The highest BCUT2D eigenvalue weighted by Gasteiger charge is 2.32. The molecule has 0 bridgehead atoms.